The topological polar surface area (TPSA) is 110 Å². The summed E-state index contributed by atoms with van der Waals surface area (Å²) in [4.78, 5) is 41.5. The summed E-state index contributed by atoms with van der Waals surface area (Å²) in [5, 5.41) is 4.09. The molecule has 0 spiro atoms. The Balaban J connectivity index is 1.54. The van der Waals surface area contributed by atoms with Gasteiger partial charge in [-0.15, -0.1) is 11.3 Å². The van der Waals surface area contributed by atoms with Gasteiger partial charge in [0.15, 0.2) is 0 Å². The average Bonchev–Trinajstić information content (AvgIpc) is 3.59. The van der Waals surface area contributed by atoms with E-state index < -0.39 is 0 Å². The molecule has 0 aliphatic rings. The molecule has 0 fully saturated rings. The van der Waals surface area contributed by atoms with Crippen molar-refractivity contribution in [3.63, 3.8) is 0 Å². The molecule has 1 aromatic carbocycles. The summed E-state index contributed by atoms with van der Waals surface area (Å²) in [5.74, 6) is 1.28. The molecule has 3 heterocycles. The van der Waals surface area contributed by atoms with Gasteiger partial charge < -0.3 is 15.0 Å². The zero-order chi connectivity index (χ0) is 24.6. The zero-order valence-electron chi connectivity index (χ0n) is 19.9. The van der Waals surface area contributed by atoms with Crippen molar-refractivity contribution >= 4 is 33.9 Å². The lowest BCUT2D eigenvalue weighted by atomic mass is 10.0. The molecule has 0 saturated heterocycles. The second kappa shape index (κ2) is 11.7. The number of pyridine rings is 1. The lowest BCUT2D eigenvalue weighted by molar-refractivity contribution is -0.118. The van der Waals surface area contributed by atoms with Crippen LogP contribution in [-0.2, 0) is 4.79 Å². The van der Waals surface area contributed by atoms with Crippen LogP contribution in [0.15, 0.2) is 48.2 Å². The zero-order valence-corrected chi connectivity index (χ0v) is 20.7. The highest BCUT2D eigenvalue weighted by molar-refractivity contribution is 7.11. The number of methoxy groups -OCH3 is 1. The number of nitrogens with zero attached hydrogens (tertiary/aromatic N) is 3. The van der Waals surface area contributed by atoms with Crippen LogP contribution in [0.2, 0.25) is 0 Å². The van der Waals surface area contributed by atoms with E-state index in [1.807, 2.05) is 37.3 Å². The molecule has 3 aromatic heterocycles. The quantitative estimate of drug-likeness (QED) is 0.254. The van der Waals surface area contributed by atoms with Crippen LogP contribution in [0, 0.1) is 0 Å². The predicted octanol–water partition coefficient (Wildman–Crippen LogP) is 5.49. The minimum absolute atomic E-state index is 0.179. The van der Waals surface area contributed by atoms with Crippen LogP contribution in [0.25, 0.3) is 22.2 Å². The minimum atomic E-state index is -0.306. The van der Waals surface area contributed by atoms with Gasteiger partial charge in [-0.25, -0.2) is 9.97 Å². The molecular formula is C26H29N5O3S. The lowest BCUT2D eigenvalue weighted by Gasteiger charge is -2.16. The number of H-pyrrole nitrogens is 1. The average molecular weight is 492 g/mol. The van der Waals surface area contributed by atoms with E-state index in [-0.39, 0.29) is 17.7 Å². The smallest absolute Gasteiger partial charge is 0.263 e. The minimum Gasteiger partial charge on any atom is -0.480 e. The SMILES string of the molecule is CCC(=O)CCCCC[C@H](NC(=O)c1cncs1)c1ncc(-c2cc3ccccc3nc2OC)[nH]1. The molecule has 1 atom stereocenters. The summed E-state index contributed by atoms with van der Waals surface area (Å²) in [7, 11) is 1.60. The van der Waals surface area contributed by atoms with E-state index in [1.54, 1.807) is 25.0 Å². The molecule has 4 aromatic rings. The number of benzene rings is 1. The van der Waals surface area contributed by atoms with Gasteiger partial charge in [0, 0.05) is 18.2 Å². The van der Waals surface area contributed by atoms with Gasteiger partial charge in [0.25, 0.3) is 5.91 Å². The third-order valence-electron chi connectivity index (χ3n) is 5.90. The summed E-state index contributed by atoms with van der Waals surface area (Å²) in [6, 6.07) is 9.58. The van der Waals surface area contributed by atoms with Crippen molar-refractivity contribution in [2.24, 2.45) is 0 Å². The summed E-state index contributed by atoms with van der Waals surface area (Å²) in [5.41, 5.74) is 4.05. The molecule has 2 N–H and O–H groups in total. The Morgan fingerprint density at radius 3 is 2.80 bits per heavy atom. The van der Waals surface area contributed by atoms with Crippen LogP contribution >= 0.6 is 11.3 Å². The molecule has 9 heteroatoms. The van der Waals surface area contributed by atoms with Crippen LogP contribution in [0.5, 0.6) is 5.88 Å². The number of aromatic amines is 1. The molecule has 1 amide bonds. The molecule has 0 unspecified atom stereocenters. The van der Waals surface area contributed by atoms with Crippen LogP contribution in [0.1, 0.15) is 67.0 Å². The van der Waals surface area contributed by atoms with Crippen LogP contribution in [0.4, 0.5) is 0 Å². The Kier molecular flexibility index (Phi) is 8.20. The molecule has 8 nitrogen and oxygen atoms in total. The highest BCUT2D eigenvalue weighted by atomic mass is 32.1. The van der Waals surface area contributed by atoms with Crippen molar-refractivity contribution in [2.75, 3.05) is 7.11 Å². The van der Waals surface area contributed by atoms with Crippen LogP contribution < -0.4 is 10.1 Å². The largest absolute Gasteiger partial charge is 0.480 e. The van der Waals surface area contributed by atoms with Crippen molar-refractivity contribution in [2.45, 2.75) is 51.5 Å². The van der Waals surface area contributed by atoms with Gasteiger partial charge in [-0.05, 0) is 25.0 Å². The molecule has 0 aliphatic carbocycles. The number of imidazole rings is 1. The number of para-hydroxylation sites is 1. The Hall–Kier alpha value is -3.59. The molecular weight excluding hydrogens is 462 g/mol. The Morgan fingerprint density at radius 1 is 1.17 bits per heavy atom. The number of hydrogen-bond donors (Lipinski definition) is 2. The first-order valence-electron chi connectivity index (χ1n) is 11.8. The third-order valence-corrected chi connectivity index (χ3v) is 6.67. The molecule has 0 radical (unpaired) electrons. The van der Waals surface area contributed by atoms with Crippen molar-refractivity contribution in [3.8, 4) is 17.1 Å². The highest BCUT2D eigenvalue weighted by Crippen LogP contribution is 2.31. The number of Topliss-reactive ketones (excluding diaryl/α,β-unsaturated/α-hetero) is 1. The van der Waals surface area contributed by atoms with E-state index in [1.165, 1.54) is 11.3 Å². The Morgan fingerprint density at radius 2 is 2.03 bits per heavy atom. The maximum absolute atomic E-state index is 12.8. The lowest BCUT2D eigenvalue weighted by Crippen LogP contribution is -2.28. The Labute approximate surface area is 208 Å². The van der Waals surface area contributed by atoms with E-state index in [9.17, 15) is 9.59 Å². The number of amides is 1. The number of hydrogen-bond acceptors (Lipinski definition) is 7. The van der Waals surface area contributed by atoms with E-state index in [4.69, 9.17) is 4.74 Å². The number of thiazole rings is 1. The summed E-state index contributed by atoms with van der Waals surface area (Å²) < 4.78 is 5.55. The van der Waals surface area contributed by atoms with Gasteiger partial charge in [0.2, 0.25) is 5.88 Å². The van der Waals surface area contributed by atoms with Crippen molar-refractivity contribution in [3.05, 3.63) is 58.9 Å². The summed E-state index contributed by atoms with van der Waals surface area (Å²) in [6.07, 6.45) is 7.82. The summed E-state index contributed by atoms with van der Waals surface area (Å²) in [6.45, 7) is 1.89. The van der Waals surface area contributed by atoms with E-state index in [2.05, 4.69) is 25.3 Å². The van der Waals surface area contributed by atoms with E-state index in [0.29, 0.717) is 35.8 Å². The highest BCUT2D eigenvalue weighted by Gasteiger charge is 2.21. The first-order valence-corrected chi connectivity index (χ1v) is 12.7. The molecule has 35 heavy (non-hydrogen) atoms. The summed E-state index contributed by atoms with van der Waals surface area (Å²) >= 11 is 1.30. The maximum atomic E-state index is 12.8. The number of carbonyl (C=O) groups is 2. The molecule has 0 aliphatic heterocycles. The Bertz CT molecular complexity index is 1290. The molecule has 0 bridgehead atoms. The first-order chi connectivity index (χ1) is 17.1. The number of carbonyl (C=O) groups excluding carboxylic acids is 2. The first kappa shape index (κ1) is 24.5. The maximum Gasteiger partial charge on any atom is 0.263 e. The van der Waals surface area contributed by atoms with Gasteiger partial charge in [-0.2, -0.15) is 0 Å². The van der Waals surface area contributed by atoms with Gasteiger partial charge in [0.1, 0.15) is 16.5 Å². The van der Waals surface area contributed by atoms with Gasteiger partial charge in [-0.3, -0.25) is 14.6 Å². The van der Waals surface area contributed by atoms with Crippen molar-refractivity contribution in [1.29, 1.82) is 0 Å². The monoisotopic (exact) mass is 491 g/mol. The van der Waals surface area contributed by atoms with E-state index in [0.717, 1.165) is 41.4 Å². The number of nitrogens with one attached hydrogen (secondary N) is 2. The van der Waals surface area contributed by atoms with Gasteiger partial charge in [0.05, 0.1) is 47.8 Å². The molecule has 0 saturated carbocycles. The number of fused-ring (bicyclic) bond motifs is 1. The second-order valence-corrected chi connectivity index (χ2v) is 9.19. The van der Waals surface area contributed by atoms with Crippen LogP contribution in [-0.4, -0.2) is 38.7 Å². The fourth-order valence-corrected chi connectivity index (χ4v) is 4.48. The fourth-order valence-electron chi connectivity index (χ4n) is 3.96. The van der Waals surface area contributed by atoms with Gasteiger partial charge >= 0.3 is 0 Å². The van der Waals surface area contributed by atoms with Crippen LogP contribution in [0.3, 0.4) is 0 Å². The standard InChI is InChI=1S/C26H29N5O3S/c1-3-18(32)10-5-4-6-12-21(30-25(33)23-15-27-16-35-23)24-28-14-22(29-24)19-13-17-9-7-8-11-20(17)31-26(19)34-2/h7-9,11,13-16,21H,3-6,10,12H2,1-2H3,(H,28,29)(H,30,33)/t21-/m0/s1. The second-order valence-electron chi connectivity index (χ2n) is 8.30. The van der Waals surface area contributed by atoms with E-state index >= 15 is 0 Å². The number of aromatic nitrogens is 4. The van der Waals surface area contributed by atoms with Crippen molar-refractivity contribution < 1.29 is 14.3 Å². The number of rotatable bonds is 12. The molecule has 4 rings (SSSR count). The third kappa shape index (κ3) is 6.10. The normalized spacial score (nSPS) is 11.9. The molecule has 182 valence electrons. The predicted molar refractivity (Wildman–Crippen MR) is 137 cm³/mol. The van der Waals surface area contributed by atoms with Gasteiger partial charge in [-0.1, -0.05) is 38.0 Å². The number of unbranched alkanes of at least 4 members (excludes halogenated alkanes) is 2. The van der Waals surface area contributed by atoms with Crippen molar-refractivity contribution in [1.82, 2.24) is 25.3 Å². The fraction of sp³-hybridized carbons (Fsp3) is 0.346. The number of ketones is 1. The number of ether oxygens (including phenoxy) is 1.